The standard InChI is InChI=1S/C18H10F6N6OP/c19-17(20,21)13-7-11-9-3-1-5-15-27(9)32(29(11)25-13)28-10(4-2-6-16(28)31-15)12-8-14(18(22,23)24)26-30(12)32/h1-8,15,26H/q+1. The van der Waals surface area contributed by atoms with Crippen LogP contribution in [0.1, 0.15) is 11.4 Å². The van der Waals surface area contributed by atoms with Gasteiger partial charge < -0.3 is 4.74 Å². The van der Waals surface area contributed by atoms with Gasteiger partial charge in [-0.15, -0.1) is 14.4 Å². The van der Waals surface area contributed by atoms with E-state index in [4.69, 9.17) is 4.74 Å². The van der Waals surface area contributed by atoms with Crippen molar-refractivity contribution in [3.63, 3.8) is 0 Å². The molecule has 6 aliphatic rings. The Morgan fingerprint density at radius 2 is 1.84 bits per heavy atom. The van der Waals surface area contributed by atoms with Crippen LogP contribution in [0.2, 0.25) is 0 Å². The highest BCUT2D eigenvalue weighted by atomic mass is 31.2. The molecular formula is C18H10F6N6OP+. The van der Waals surface area contributed by atoms with Crippen LogP contribution in [-0.4, -0.2) is 36.1 Å². The summed E-state index contributed by atoms with van der Waals surface area (Å²) >= 11 is 0. The lowest BCUT2D eigenvalue weighted by atomic mass is 10.2. The van der Waals surface area contributed by atoms with Crippen molar-refractivity contribution in [3.05, 3.63) is 83.0 Å². The molecule has 164 valence electrons. The molecule has 0 aliphatic carbocycles. The number of nitrogens with zero attached hydrogens (tertiary/aromatic N) is 5. The van der Waals surface area contributed by atoms with Crippen molar-refractivity contribution in [2.24, 2.45) is 0 Å². The highest BCUT2D eigenvalue weighted by Crippen LogP contribution is 2.83. The first-order valence-electron chi connectivity index (χ1n) is 9.33. The number of fused-ring (bicyclic) bond motifs is 3. The average molecular weight is 471 g/mol. The Morgan fingerprint density at radius 3 is 2.59 bits per heavy atom. The van der Waals surface area contributed by atoms with Crippen LogP contribution < -0.4 is 5.43 Å². The molecule has 32 heavy (non-hydrogen) atoms. The summed E-state index contributed by atoms with van der Waals surface area (Å²) in [6.07, 6.45) is 0.680. The smallest absolute Gasteiger partial charge is 0.445 e. The Hall–Kier alpha value is -3.34. The van der Waals surface area contributed by atoms with Crippen LogP contribution in [0.3, 0.4) is 0 Å². The van der Waals surface area contributed by atoms with E-state index < -0.39 is 37.8 Å². The SMILES string of the molecule is FC(F)(F)C1=CC2=C3C=CC=C4OC5C=CC=C6c7cc(C(F)(F)F)nn7[P+](N2N1)(N43)N65. The zero-order chi connectivity index (χ0) is 22.2. The van der Waals surface area contributed by atoms with E-state index in [1.807, 2.05) is 0 Å². The van der Waals surface area contributed by atoms with Gasteiger partial charge in [0, 0.05) is 12.1 Å². The normalized spacial score (nSPS) is 28.6. The summed E-state index contributed by atoms with van der Waals surface area (Å²) in [4.78, 5) is 0. The summed E-state index contributed by atoms with van der Waals surface area (Å²) in [6, 6.07) is 0.921. The first kappa shape index (κ1) is 18.3. The number of allylic oxidation sites excluding steroid dienone is 7. The first-order chi connectivity index (χ1) is 15.1. The fourth-order valence-electron chi connectivity index (χ4n) is 4.67. The third-order valence-electron chi connectivity index (χ3n) is 5.82. The van der Waals surface area contributed by atoms with Gasteiger partial charge in [-0.2, -0.15) is 26.3 Å². The maximum atomic E-state index is 13.6. The van der Waals surface area contributed by atoms with E-state index in [9.17, 15) is 26.3 Å². The second-order valence-electron chi connectivity index (χ2n) is 7.55. The molecule has 7 nitrogen and oxygen atoms in total. The molecule has 0 amide bonds. The van der Waals surface area contributed by atoms with Gasteiger partial charge in [-0.05, 0) is 24.3 Å². The number of ether oxygens (including phenoxy) is 1. The third kappa shape index (κ3) is 1.88. The van der Waals surface area contributed by atoms with Crippen LogP contribution in [0, 0.1) is 0 Å². The van der Waals surface area contributed by atoms with Gasteiger partial charge >= 0.3 is 20.2 Å². The van der Waals surface area contributed by atoms with Crippen molar-refractivity contribution in [2.45, 2.75) is 18.6 Å². The number of alkyl halides is 6. The number of hydrazine groups is 1. The predicted molar refractivity (Wildman–Crippen MR) is 98.6 cm³/mol. The quantitative estimate of drug-likeness (QED) is 0.452. The number of rotatable bonds is 0. The van der Waals surface area contributed by atoms with Crippen LogP contribution >= 0.6 is 7.87 Å². The largest absolute Gasteiger partial charge is 0.457 e. The number of hydrogen-bond acceptors (Lipinski definition) is 6. The molecule has 1 N–H and O–H groups in total. The molecule has 1 spiro atoms. The molecule has 0 radical (unpaired) electrons. The predicted octanol–water partition coefficient (Wildman–Crippen LogP) is 4.22. The molecule has 0 bridgehead atoms. The summed E-state index contributed by atoms with van der Waals surface area (Å²) in [5.41, 5.74) is 1.41. The lowest BCUT2D eigenvalue weighted by Crippen LogP contribution is -2.51. The van der Waals surface area contributed by atoms with Crippen LogP contribution in [0.15, 0.2) is 71.6 Å². The fraction of sp³-hybridized carbons (Fsp3) is 0.167. The van der Waals surface area contributed by atoms with Crippen molar-refractivity contribution in [2.75, 3.05) is 0 Å². The molecular weight excluding hydrogens is 461 g/mol. The molecule has 2 atom stereocenters. The Kier molecular flexibility index (Phi) is 2.95. The Balaban J connectivity index is 1.54. The lowest BCUT2D eigenvalue weighted by molar-refractivity contribution is -0.141. The Morgan fingerprint density at radius 1 is 1.03 bits per heavy atom. The summed E-state index contributed by atoms with van der Waals surface area (Å²) in [6.45, 7) is 0. The van der Waals surface area contributed by atoms with Gasteiger partial charge in [0.25, 0.3) is 0 Å². The second-order valence-corrected chi connectivity index (χ2v) is 10.2. The molecule has 1 saturated heterocycles. The topological polar surface area (TPSA) is 48.8 Å². The molecule has 0 aromatic carbocycles. The van der Waals surface area contributed by atoms with Crippen LogP contribution in [0.5, 0.6) is 0 Å². The first-order valence-corrected chi connectivity index (χ1v) is 10.9. The van der Waals surface area contributed by atoms with Gasteiger partial charge in [-0.1, -0.05) is 21.4 Å². The number of hydrogen-bond donors (Lipinski definition) is 1. The summed E-state index contributed by atoms with van der Waals surface area (Å²) in [5.74, 6) is 0.325. The molecule has 7 heterocycles. The van der Waals surface area contributed by atoms with E-state index in [-0.39, 0.29) is 11.4 Å². The van der Waals surface area contributed by atoms with E-state index in [1.165, 1.54) is 9.23 Å². The number of nitrogens with one attached hydrogen (secondary N) is 1. The second kappa shape index (κ2) is 5.17. The minimum atomic E-state index is -4.72. The molecule has 1 aromatic heterocycles. The van der Waals surface area contributed by atoms with Crippen LogP contribution in [-0.2, 0) is 10.9 Å². The third-order valence-corrected chi connectivity index (χ3v) is 9.45. The molecule has 7 rings (SSSR count). The van der Waals surface area contributed by atoms with E-state index in [0.717, 1.165) is 12.1 Å². The number of halogens is 6. The maximum Gasteiger partial charge on any atom is 0.457 e. The van der Waals surface area contributed by atoms with Gasteiger partial charge in [0.05, 0.1) is 0 Å². The highest BCUT2D eigenvalue weighted by molar-refractivity contribution is 7.69. The summed E-state index contributed by atoms with van der Waals surface area (Å²) in [7, 11) is -3.41. The fourth-order valence-corrected chi connectivity index (χ4v) is 8.84. The molecule has 0 saturated carbocycles. The van der Waals surface area contributed by atoms with Crippen LogP contribution in [0.4, 0.5) is 26.3 Å². The zero-order valence-corrected chi connectivity index (χ0v) is 16.4. The van der Waals surface area contributed by atoms with Gasteiger partial charge in [0.15, 0.2) is 5.69 Å². The van der Waals surface area contributed by atoms with Crippen molar-refractivity contribution in [3.8, 4) is 0 Å². The minimum Gasteiger partial charge on any atom is -0.445 e. The van der Waals surface area contributed by atoms with Gasteiger partial charge in [-0.25, -0.2) is 0 Å². The summed E-state index contributed by atoms with van der Waals surface area (Å²) < 4.78 is 93.5. The van der Waals surface area contributed by atoms with Crippen molar-refractivity contribution >= 4 is 13.6 Å². The Bertz CT molecular complexity index is 1300. The Labute approximate surface area is 176 Å². The molecule has 1 fully saturated rings. The molecule has 6 aliphatic heterocycles. The molecule has 2 unspecified atom stereocenters. The average Bonchev–Trinajstić information content (AvgIpc) is 3.44. The monoisotopic (exact) mass is 471 g/mol. The van der Waals surface area contributed by atoms with Gasteiger partial charge in [0.1, 0.15) is 28.5 Å². The van der Waals surface area contributed by atoms with E-state index >= 15 is 0 Å². The van der Waals surface area contributed by atoms with E-state index in [1.54, 1.807) is 45.8 Å². The molecule has 1 aromatic rings. The van der Waals surface area contributed by atoms with Crippen LogP contribution in [0.25, 0.3) is 5.70 Å². The van der Waals surface area contributed by atoms with E-state index in [0.29, 0.717) is 17.3 Å². The van der Waals surface area contributed by atoms with Crippen molar-refractivity contribution in [1.82, 2.24) is 29.1 Å². The van der Waals surface area contributed by atoms with Gasteiger partial charge in [-0.3, -0.25) is 5.43 Å². The highest BCUT2D eigenvalue weighted by Gasteiger charge is 2.79. The summed E-state index contributed by atoms with van der Waals surface area (Å²) in [5, 5.41) is 3.88. The minimum absolute atomic E-state index is 0.155. The maximum absolute atomic E-state index is 13.6. The van der Waals surface area contributed by atoms with Crippen molar-refractivity contribution < 1.29 is 31.1 Å². The van der Waals surface area contributed by atoms with Gasteiger partial charge in [0.2, 0.25) is 12.1 Å². The molecule has 14 heteroatoms. The zero-order valence-electron chi connectivity index (χ0n) is 15.6. The number of aromatic nitrogens is 2. The van der Waals surface area contributed by atoms with Crippen molar-refractivity contribution in [1.29, 1.82) is 0 Å². The van der Waals surface area contributed by atoms with E-state index in [2.05, 4.69) is 10.5 Å². The lowest BCUT2D eigenvalue weighted by Gasteiger charge is -2.46.